The molecule has 1 amide bonds. The Hall–Kier alpha value is -1.92. The average Bonchev–Trinajstić information content (AvgIpc) is 2.97. The molecule has 19 heavy (non-hydrogen) atoms. The third kappa shape index (κ3) is 3.10. The van der Waals surface area contributed by atoms with Crippen molar-refractivity contribution in [2.45, 2.75) is 13.5 Å². The maximum Gasteiger partial charge on any atom is 0.257 e. The van der Waals surface area contributed by atoms with Gasteiger partial charge >= 0.3 is 0 Å². The fraction of sp³-hybridized carbons (Fsp3) is 0.231. The Morgan fingerprint density at radius 3 is 3.00 bits per heavy atom. The molecule has 2 rings (SSSR count). The van der Waals surface area contributed by atoms with E-state index in [0.717, 1.165) is 4.88 Å². The molecule has 0 radical (unpaired) electrons. The molecule has 0 spiro atoms. The molecule has 0 atom stereocenters. The van der Waals surface area contributed by atoms with Crippen molar-refractivity contribution in [1.82, 2.24) is 9.88 Å². The third-order valence-corrected chi connectivity index (χ3v) is 3.66. The summed E-state index contributed by atoms with van der Waals surface area (Å²) in [6.07, 6.45) is 3.14. The number of nitrogens with one attached hydrogen (secondary N) is 1. The van der Waals surface area contributed by atoms with Gasteiger partial charge in [-0.25, -0.2) is 0 Å². The Kier molecular flexibility index (Phi) is 4.48. The number of aromatic nitrogens is 1. The summed E-state index contributed by atoms with van der Waals surface area (Å²) in [5.41, 5.74) is 3.61. The summed E-state index contributed by atoms with van der Waals surface area (Å²) in [5.74, 6) is 5.35. The van der Waals surface area contributed by atoms with Crippen LogP contribution in [0, 0.1) is 0 Å². The molecule has 2 aromatic heterocycles. The monoisotopic (exact) mass is 276 g/mol. The molecule has 5 nitrogen and oxygen atoms in total. The maximum atomic E-state index is 12.5. The van der Waals surface area contributed by atoms with Gasteiger partial charge in [-0.1, -0.05) is 6.07 Å². The largest absolute Gasteiger partial charge is 0.334 e. The van der Waals surface area contributed by atoms with Crippen LogP contribution in [0.25, 0.3) is 0 Å². The lowest BCUT2D eigenvalue weighted by atomic mass is 10.2. The lowest BCUT2D eigenvalue weighted by molar-refractivity contribution is 0.0754. The number of hydrogen-bond donors (Lipinski definition) is 2. The first-order valence-electron chi connectivity index (χ1n) is 5.98. The van der Waals surface area contributed by atoms with Crippen LogP contribution in [0.15, 0.2) is 36.0 Å². The van der Waals surface area contributed by atoms with E-state index < -0.39 is 0 Å². The molecule has 0 bridgehead atoms. The van der Waals surface area contributed by atoms with E-state index in [2.05, 4.69) is 10.4 Å². The number of nitrogen functional groups attached to an aromatic ring is 1. The molecular weight excluding hydrogens is 260 g/mol. The van der Waals surface area contributed by atoms with E-state index in [4.69, 9.17) is 5.84 Å². The molecule has 0 fully saturated rings. The molecule has 0 aliphatic heterocycles. The van der Waals surface area contributed by atoms with E-state index in [0.29, 0.717) is 24.3 Å². The molecular formula is C13H16N4OS. The van der Waals surface area contributed by atoms with E-state index in [-0.39, 0.29) is 5.91 Å². The zero-order valence-electron chi connectivity index (χ0n) is 10.7. The molecule has 0 aliphatic rings. The molecule has 0 aliphatic carbocycles. The Bertz CT molecular complexity index is 541. The van der Waals surface area contributed by atoms with Crippen molar-refractivity contribution >= 4 is 22.9 Å². The van der Waals surface area contributed by atoms with Crippen molar-refractivity contribution in [2.75, 3.05) is 12.0 Å². The zero-order chi connectivity index (χ0) is 13.7. The van der Waals surface area contributed by atoms with E-state index in [1.165, 1.54) is 6.20 Å². The fourth-order valence-corrected chi connectivity index (χ4v) is 2.50. The van der Waals surface area contributed by atoms with Gasteiger partial charge in [0.25, 0.3) is 5.91 Å². The number of thiophene rings is 1. The van der Waals surface area contributed by atoms with Crippen LogP contribution in [-0.2, 0) is 6.54 Å². The maximum absolute atomic E-state index is 12.5. The normalized spacial score (nSPS) is 10.2. The highest BCUT2D eigenvalue weighted by molar-refractivity contribution is 7.09. The Morgan fingerprint density at radius 2 is 2.37 bits per heavy atom. The van der Waals surface area contributed by atoms with Crippen molar-refractivity contribution in [1.29, 1.82) is 0 Å². The minimum Gasteiger partial charge on any atom is -0.334 e. The molecule has 6 heteroatoms. The predicted molar refractivity (Wildman–Crippen MR) is 76.8 cm³/mol. The quantitative estimate of drug-likeness (QED) is 0.648. The molecule has 100 valence electrons. The Balaban J connectivity index is 2.20. The van der Waals surface area contributed by atoms with Gasteiger partial charge < -0.3 is 10.3 Å². The summed E-state index contributed by atoms with van der Waals surface area (Å²) in [6.45, 7) is 3.19. The van der Waals surface area contributed by atoms with Gasteiger partial charge in [0, 0.05) is 23.8 Å². The van der Waals surface area contributed by atoms with Crippen molar-refractivity contribution in [2.24, 2.45) is 5.84 Å². The lowest BCUT2D eigenvalue weighted by Gasteiger charge is -2.21. The van der Waals surface area contributed by atoms with E-state index in [9.17, 15) is 4.79 Å². The second kappa shape index (κ2) is 6.31. The number of carbonyl (C=O) groups is 1. The third-order valence-electron chi connectivity index (χ3n) is 2.80. The van der Waals surface area contributed by atoms with Gasteiger partial charge in [-0.2, -0.15) is 0 Å². The van der Waals surface area contributed by atoms with Crippen LogP contribution in [-0.4, -0.2) is 22.3 Å². The van der Waals surface area contributed by atoms with Gasteiger partial charge in [0.2, 0.25) is 0 Å². The highest BCUT2D eigenvalue weighted by atomic mass is 32.1. The number of rotatable bonds is 5. The molecule has 0 aromatic carbocycles. The zero-order valence-corrected chi connectivity index (χ0v) is 11.5. The second-order valence-electron chi connectivity index (χ2n) is 3.96. The van der Waals surface area contributed by atoms with Gasteiger partial charge in [0.15, 0.2) is 0 Å². The van der Waals surface area contributed by atoms with Gasteiger partial charge in [0.05, 0.1) is 17.8 Å². The van der Waals surface area contributed by atoms with Crippen LogP contribution in [0.1, 0.15) is 22.2 Å². The number of anilines is 1. The van der Waals surface area contributed by atoms with E-state index in [1.54, 1.807) is 28.5 Å². The summed E-state index contributed by atoms with van der Waals surface area (Å²) in [6, 6.07) is 5.69. The summed E-state index contributed by atoms with van der Waals surface area (Å²) in [4.78, 5) is 19.4. The van der Waals surface area contributed by atoms with E-state index >= 15 is 0 Å². The van der Waals surface area contributed by atoms with Crippen molar-refractivity contribution in [3.05, 3.63) is 46.4 Å². The average molecular weight is 276 g/mol. The molecule has 0 unspecified atom stereocenters. The van der Waals surface area contributed by atoms with Crippen molar-refractivity contribution in [3.63, 3.8) is 0 Å². The predicted octanol–water partition coefficient (Wildman–Crippen LogP) is 2.09. The number of nitrogens with two attached hydrogens (primary N) is 1. The summed E-state index contributed by atoms with van der Waals surface area (Å²) in [5, 5.41) is 2.00. The first-order valence-corrected chi connectivity index (χ1v) is 6.86. The second-order valence-corrected chi connectivity index (χ2v) is 5.00. The Labute approximate surface area is 116 Å². The van der Waals surface area contributed by atoms with Gasteiger partial charge in [0.1, 0.15) is 0 Å². The van der Waals surface area contributed by atoms with E-state index in [1.807, 2.05) is 24.4 Å². The highest BCUT2D eigenvalue weighted by Crippen LogP contribution is 2.18. The number of pyridine rings is 1. The minimum atomic E-state index is -0.0723. The number of hydrogen-bond acceptors (Lipinski definition) is 5. The van der Waals surface area contributed by atoms with Crippen LogP contribution in [0.2, 0.25) is 0 Å². The Morgan fingerprint density at radius 1 is 1.53 bits per heavy atom. The van der Waals surface area contributed by atoms with Crippen LogP contribution >= 0.6 is 11.3 Å². The SMILES string of the molecule is CCN(Cc1cccs1)C(=O)c1cnccc1NN. The molecule has 2 aromatic rings. The van der Waals surface area contributed by atoms with Gasteiger partial charge in [-0.15, -0.1) is 11.3 Å². The van der Waals surface area contributed by atoms with Crippen LogP contribution in [0.4, 0.5) is 5.69 Å². The van der Waals surface area contributed by atoms with Crippen LogP contribution < -0.4 is 11.3 Å². The van der Waals surface area contributed by atoms with Crippen molar-refractivity contribution in [3.8, 4) is 0 Å². The fourth-order valence-electron chi connectivity index (χ4n) is 1.78. The molecule has 0 saturated carbocycles. The number of nitrogens with zero attached hydrogens (tertiary/aromatic N) is 2. The topological polar surface area (TPSA) is 71.2 Å². The lowest BCUT2D eigenvalue weighted by Crippen LogP contribution is -2.31. The summed E-state index contributed by atoms with van der Waals surface area (Å²) >= 11 is 1.64. The van der Waals surface area contributed by atoms with Crippen LogP contribution in [0.3, 0.4) is 0 Å². The molecule has 3 N–H and O–H groups in total. The molecule has 0 saturated heterocycles. The molecule has 2 heterocycles. The summed E-state index contributed by atoms with van der Waals surface area (Å²) < 4.78 is 0. The number of amides is 1. The first kappa shape index (κ1) is 13.5. The van der Waals surface area contributed by atoms with Crippen molar-refractivity contribution < 1.29 is 4.79 Å². The summed E-state index contributed by atoms with van der Waals surface area (Å²) in [7, 11) is 0. The van der Waals surface area contributed by atoms with Crippen LogP contribution in [0.5, 0.6) is 0 Å². The number of carbonyl (C=O) groups excluding carboxylic acids is 1. The standard InChI is InChI=1S/C13H16N4OS/c1-2-17(9-10-4-3-7-19-10)13(18)11-8-15-6-5-12(11)16-14/h3-8H,2,9,14H2,1H3,(H,15,16). The smallest absolute Gasteiger partial charge is 0.257 e. The van der Waals surface area contributed by atoms with Gasteiger partial charge in [-0.05, 0) is 24.4 Å². The minimum absolute atomic E-state index is 0.0723. The number of hydrazine groups is 1. The highest BCUT2D eigenvalue weighted by Gasteiger charge is 2.18. The van der Waals surface area contributed by atoms with Gasteiger partial charge in [-0.3, -0.25) is 15.6 Å². The first-order chi connectivity index (χ1) is 9.26.